The number of hydrogen-bond donors (Lipinski definition) is 1. The van der Waals surface area contributed by atoms with E-state index in [0.717, 1.165) is 17.9 Å². The van der Waals surface area contributed by atoms with Gasteiger partial charge < -0.3 is 14.8 Å². The lowest BCUT2D eigenvalue weighted by Gasteiger charge is -2.16. The van der Waals surface area contributed by atoms with Crippen LogP contribution in [0.1, 0.15) is 11.1 Å². The minimum atomic E-state index is -0.398. The zero-order valence-electron chi connectivity index (χ0n) is 12.6. The largest absolute Gasteiger partial charge is 0.493 e. The molecule has 0 spiro atoms. The highest BCUT2D eigenvalue weighted by atomic mass is 35.5. The fourth-order valence-corrected chi connectivity index (χ4v) is 2.62. The first-order chi connectivity index (χ1) is 11.2. The second-order valence-electron chi connectivity index (χ2n) is 4.98. The van der Waals surface area contributed by atoms with Crippen molar-refractivity contribution in [3.05, 3.63) is 58.4 Å². The minimum Gasteiger partial charge on any atom is -0.493 e. The number of benzene rings is 2. The first-order valence-corrected chi connectivity index (χ1v) is 7.60. The number of aliphatic imine (C=N–C) groups is 1. The molecule has 1 aliphatic rings. The van der Waals surface area contributed by atoms with E-state index in [-0.39, 0.29) is 6.61 Å². The van der Waals surface area contributed by atoms with E-state index in [4.69, 9.17) is 21.1 Å². The number of amidine groups is 1. The average molecular weight is 335 g/mol. The third-order valence-electron chi connectivity index (χ3n) is 3.55. The van der Waals surface area contributed by atoms with Gasteiger partial charge in [0.15, 0.2) is 11.5 Å². The molecule has 0 aromatic heterocycles. The van der Waals surface area contributed by atoms with Gasteiger partial charge in [0.2, 0.25) is 0 Å². The van der Waals surface area contributed by atoms with Crippen molar-refractivity contribution in [2.45, 2.75) is 6.61 Å². The number of nitrogens with one attached hydrogen (secondary N) is 1. The summed E-state index contributed by atoms with van der Waals surface area (Å²) < 4.78 is 25.1. The van der Waals surface area contributed by atoms with Crippen LogP contribution in [0, 0.1) is 5.82 Å². The number of rotatable bonds is 5. The standard InChI is InChI=1S/C17H16ClFN2O2/c1-22-15-7-2-4-11(17-20-8-9-21-17)16(15)23-10-12-13(18)5-3-6-14(12)19/h2-7H,8-10H2,1H3,(H,20,21). The maximum Gasteiger partial charge on any atom is 0.172 e. The number of ether oxygens (including phenoxy) is 2. The van der Waals surface area contributed by atoms with Gasteiger partial charge in [0.05, 0.1) is 24.2 Å². The molecule has 0 radical (unpaired) electrons. The van der Waals surface area contributed by atoms with Gasteiger partial charge in [-0.15, -0.1) is 0 Å². The molecule has 23 heavy (non-hydrogen) atoms. The number of nitrogens with zero attached hydrogens (tertiary/aromatic N) is 1. The molecule has 2 aromatic carbocycles. The summed E-state index contributed by atoms with van der Waals surface area (Å²) in [7, 11) is 1.56. The molecule has 0 saturated heterocycles. The Morgan fingerprint density at radius 1 is 1.26 bits per heavy atom. The molecule has 1 heterocycles. The molecule has 0 saturated carbocycles. The van der Waals surface area contributed by atoms with Crippen LogP contribution >= 0.6 is 11.6 Å². The van der Waals surface area contributed by atoms with Gasteiger partial charge in [-0.1, -0.05) is 23.7 Å². The Morgan fingerprint density at radius 3 is 2.78 bits per heavy atom. The van der Waals surface area contributed by atoms with Crippen LogP contribution in [0.5, 0.6) is 11.5 Å². The summed E-state index contributed by atoms with van der Waals surface area (Å²) in [6.07, 6.45) is 0. The van der Waals surface area contributed by atoms with Gasteiger partial charge in [0.25, 0.3) is 0 Å². The van der Waals surface area contributed by atoms with E-state index in [2.05, 4.69) is 10.3 Å². The molecule has 120 valence electrons. The molecule has 2 aromatic rings. The summed E-state index contributed by atoms with van der Waals surface area (Å²) in [5, 5.41) is 3.53. The molecule has 0 aliphatic carbocycles. The molecule has 4 nitrogen and oxygen atoms in total. The normalized spacial score (nSPS) is 13.4. The molecule has 1 aliphatic heterocycles. The van der Waals surface area contributed by atoms with Crippen LogP contribution < -0.4 is 14.8 Å². The lowest BCUT2D eigenvalue weighted by Crippen LogP contribution is -2.20. The predicted octanol–water partition coefficient (Wildman–Crippen LogP) is 3.42. The van der Waals surface area contributed by atoms with Gasteiger partial charge in [0, 0.05) is 12.1 Å². The van der Waals surface area contributed by atoms with Gasteiger partial charge >= 0.3 is 0 Å². The van der Waals surface area contributed by atoms with Crippen LogP contribution in [0.15, 0.2) is 41.4 Å². The topological polar surface area (TPSA) is 42.8 Å². The van der Waals surface area contributed by atoms with Crippen LogP contribution in [0.4, 0.5) is 4.39 Å². The van der Waals surface area contributed by atoms with Gasteiger partial charge in [-0.05, 0) is 24.3 Å². The highest BCUT2D eigenvalue weighted by Crippen LogP contribution is 2.33. The van der Waals surface area contributed by atoms with Crippen molar-refractivity contribution in [2.75, 3.05) is 20.2 Å². The molecular formula is C17H16ClFN2O2. The van der Waals surface area contributed by atoms with E-state index in [1.807, 2.05) is 12.1 Å². The summed E-state index contributed by atoms with van der Waals surface area (Å²) in [6, 6.07) is 10.1. The second-order valence-corrected chi connectivity index (χ2v) is 5.39. The van der Waals surface area contributed by atoms with Gasteiger partial charge in [-0.3, -0.25) is 4.99 Å². The number of hydrogen-bond acceptors (Lipinski definition) is 4. The maximum atomic E-state index is 13.9. The fourth-order valence-electron chi connectivity index (χ4n) is 2.40. The maximum absolute atomic E-state index is 13.9. The highest BCUT2D eigenvalue weighted by molar-refractivity contribution is 6.31. The lowest BCUT2D eigenvalue weighted by atomic mass is 10.1. The van der Waals surface area contributed by atoms with Crippen molar-refractivity contribution >= 4 is 17.4 Å². The Hall–Kier alpha value is -2.27. The van der Waals surface area contributed by atoms with Crippen molar-refractivity contribution in [1.29, 1.82) is 0 Å². The Morgan fingerprint density at radius 2 is 2.09 bits per heavy atom. The van der Waals surface area contributed by atoms with Gasteiger partial charge in [-0.25, -0.2) is 4.39 Å². The average Bonchev–Trinajstić information content (AvgIpc) is 3.08. The Bertz CT molecular complexity index is 729. The van der Waals surface area contributed by atoms with E-state index in [1.54, 1.807) is 25.3 Å². The van der Waals surface area contributed by atoms with Crippen molar-refractivity contribution < 1.29 is 13.9 Å². The number of methoxy groups -OCH3 is 1. The van der Waals surface area contributed by atoms with Crippen molar-refractivity contribution in [2.24, 2.45) is 4.99 Å². The zero-order valence-corrected chi connectivity index (χ0v) is 13.4. The zero-order chi connectivity index (χ0) is 16.2. The Balaban J connectivity index is 1.92. The third kappa shape index (κ3) is 3.24. The van der Waals surface area contributed by atoms with Gasteiger partial charge in [0.1, 0.15) is 18.3 Å². The first-order valence-electron chi connectivity index (χ1n) is 7.22. The van der Waals surface area contributed by atoms with Gasteiger partial charge in [-0.2, -0.15) is 0 Å². The lowest BCUT2D eigenvalue weighted by molar-refractivity contribution is 0.279. The molecule has 0 atom stereocenters. The predicted molar refractivity (Wildman–Crippen MR) is 88.1 cm³/mol. The van der Waals surface area contributed by atoms with Crippen molar-refractivity contribution in [3.8, 4) is 11.5 Å². The minimum absolute atomic E-state index is 0.00611. The van der Waals surface area contributed by atoms with Crippen LogP contribution in [-0.4, -0.2) is 26.0 Å². The SMILES string of the molecule is COc1cccc(C2=NCCN2)c1OCc1c(F)cccc1Cl. The fraction of sp³-hybridized carbons (Fsp3) is 0.235. The summed E-state index contributed by atoms with van der Waals surface area (Å²) in [5.74, 6) is 1.43. The van der Waals surface area contributed by atoms with Crippen LogP contribution in [0.2, 0.25) is 5.02 Å². The van der Waals surface area contributed by atoms with E-state index in [9.17, 15) is 4.39 Å². The summed E-state index contributed by atoms with van der Waals surface area (Å²) in [6.45, 7) is 1.50. The van der Waals surface area contributed by atoms with E-state index in [0.29, 0.717) is 28.6 Å². The van der Waals surface area contributed by atoms with Crippen LogP contribution in [0.25, 0.3) is 0 Å². The number of para-hydroxylation sites is 1. The van der Waals surface area contributed by atoms with E-state index >= 15 is 0 Å². The molecule has 3 rings (SSSR count). The molecule has 0 fully saturated rings. The molecule has 6 heteroatoms. The summed E-state index contributed by atoms with van der Waals surface area (Å²) in [4.78, 5) is 4.40. The molecule has 0 amide bonds. The first kappa shape index (κ1) is 15.6. The quantitative estimate of drug-likeness (QED) is 0.911. The molecule has 0 bridgehead atoms. The van der Waals surface area contributed by atoms with Crippen molar-refractivity contribution in [1.82, 2.24) is 5.32 Å². The number of halogens is 2. The van der Waals surface area contributed by atoms with Crippen LogP contribution in [-0.2, 0) is 6.61 Å². The molecule has 1 N–H and O–H groups in total. The Labute approximate surface area is 138 Å². The van der Waals surface area contributed by atoms with E-state index < -0.39 is 5.82 Å². The summed E-state index contributed by atoms with van der Waals surface area (Å²) >= 11 is 6.05. The van der Waals surface area contributed by atoms with Crippen molar-refractivity contribution in [3.63, 3.8) is 0 Å². The molecule has 0 unspecified atom stereocenters. The van der Waals surface area contributed by atoms with Crippen LogP contribution in [0.3, 0.4) is 0 Å². The second kappa shape index (κ2) is 6.87. The smallest absolute Gasteiger partial charge is 0.172 e. The van der Waals surface area contributed by atoms with E-state index in [1.165, 1.54) is 6.07 Å². The monoisotopic (exact) mass is 334 g/mol. The Kier molecular flexibility index (Phi) is 4.67. The third-order valence-corrected chi connectivity index (χ3v) is 3.90. The highest BCUT2D eigenvalue weighted by Gasteiger charge is 2.18. The summed E-state index contributed by atoms with van der Waals surface area (Å²) in [5.41, 5.74) is 1.10. The molecular weight excluding hydrogens is 319 g/mol.